The largest absolute Gasteiger partial charge is 0.294 e. The minimum Gasteiger partial charge on any atom is -0.294 e. The van der Waals surface area contributed by atoms with Crippen molar-refractivity contribution < 1.29 is 0 Å². The van der Waals surface area contributed by atoms with Gasteiger partial charge in [0.1, 0.15) is 5.65 Å². The molecular weight excluding hydrogens is 450 g/mol. The molecule has 2 aromatic heterocycles. The highest BCUT2D eigenvalue weighted by molar-refractivity contribution is 6.14. The van der Waals surface area contributed by atoms with E-state index in [1.807, 2.05) is 18.2 Å². The van der Waals surface area contributed by atoms with Crippen LogP contribution in [0.2, 0.25) is 0 Å². The summed E-state index contributed by atoms with van der Waals surface area (Å²) in [5.74, 6) is 0.712. The summed E-state index contributed by atoms with van der Waals surface area (Å²) in [6.45, 7) is 0. The van der Waals surface area contributed by atoms with Gasteiger partial charge >= 0.3 is 0 Å². The van der Waals surface area contributed by atoms with E-state index in [-0.39, 0.29) is 0 Å². The molecule has 3 heteroatoms. The number of aromatic nitrogens is 3. The van der Waals surface area contributed by atoms with E-state index in [4.69, 9.17) is 9.97 Å². The molecule has 0 spiro atoms. The summed E-state index contributed by atoms with van der Waals surface area (Å²) in [7, 11) is 0. The lowest BCUT2D eigenvalue weighted by molar-refractivity contribution is 1.11. The quantitative estimate of drug-likeness (QED) is 0.256. The third-order valence-corrected chi connectivity index (χ3v) is 6.81. The second-order valence-electron chi connectivity index (χ2n) is 9.10. The molecule has 0 unspecified atom stereocenters. The molecule has 0 saturated heterocycles. The Hall–Kier alpha value is -5.02. The number of nitrogens with zero attached hydrogens (tertiary/aromatic N) is 3. The number of hydrogen-bond donors (Lipinski definition) is 0. The molecule has 7 rings (SSSR count). The van der Waals surface area contributed by atoms with Crippen molar-refractivity contribution in [3.63, 3.8) is 0 Å². The van der Waals surface area contributed by atoms with E-state index in [1.165, 1.54) is 5.56 Å². The first-order chi connectivity index (χ1) is 18.4. The summed E-state index contributed by atoms with van der Waals surface area (Å²) >= 11 is 0. The third-order valence-electron chi connectivity index (χ3n) is 6.81. The molecule has 174 valence electrons. The zero-order valence-electron chi connectivity index (χ0n) is 20.1. The maximum atomic E-state index is 5.23. The van der Waals surface area contributed by atoms with E-state index in [2.05, 4.69) is 126 Å². The number of fused-ring (bicyclic) bond motifs is 3. The van der Waals surface area contributed by atoms with Crippen molar-refractivity contribution in [1.29, 1.82) is 0 Å². The SMILES string of the molecule is c1ccc(-c2cccc(-c3nc(-c4ccccc4)c4c5ccccc5n(-c5ccccc5)c4n3)c2)cc1. The molecule has 0 radical (unpaired) electrons. The summed E-state index contributed by atoms with van der Waals surface area (Å²) in [4.78, 5) is 10.4. The van der Waals surface area contributed by atoms with Crippen molar-refractivity contribution >= 4 is 21.9 Å². The summed E-state index contributed by atoms with van der Waals surface area (Å²) in [6.07, 6.45) is 0. The fraction of sp³-hybridized carbons (Fsp3) is 0. The standard InChI is InChI=1S/C34H23N3/c1-4-13-24(14-5-1)26-17-12-18-27(23-26)33-35-32(25-15-6-2-7-16-25)31-29-21-10-11-22-30(29)37(34(31)36-33)28-19-8-3-9-20-28/h1-23H. The molecule has 0 aliphatic heterocycles. The second-order valence-corrected chi connectivity index (χ2v) is 9.10. The topological polar surface area (TPSA) is 30.7 Å². The van der Waals surface area contributed by atoms with Crippen molar-refractivity contribution in [2.45, 2.75) is 0 Å². The van der Waals surface area contributed by atoms with E-state index >= 15 is 0 Å². The Bertz CT molecular complexity index is 1850. The highest BCUT2D eigenvalue weighted by Crippen LogP contribution is 2.38. The molecule has 7 aromatic rings. The maximum absolute atomic E-state index is 5.23. The minimum absolute atomic E-state index is 0.712. The van der Waals surface area contributed by atoms with Crippen LogP contribution < -0.4 is 0 Å². The number of hydrogen-bond acceptors (Lipinski definition) is 2. The normalized spacial score (nSPS) is 11.2. The smallest absolute Gasteiger partial charge is 0.162 e. The van der Waals surface area contributed by atoms with Gasteiger partial charge in [0.25, 0.3) is 0 Å². The van der Waals surface area contributed by atoms with Crippen LogP contribution in [-0.2, 0) is 0 Å². The van der Waals surface area contributed by atoms with Crippen LogP contribution in [0.25, 0.3) is 61.4 Å². The molecule has 0 aliphatic carbocycles. The van der Waals surface area contributed by atoms with Crippen molar-refractivity contribution in [2.75, 3.05) is 0 Å². The maximum Gasteiger partial charge on any atom is 0.162 e. The van der Waals surface area contributed by atoms with Crippen LogP contribution in [0.15, 0.2) is 140 Å². The molecule has 0 bridgehead atoms. The monoisotopic (exact) mass is 473 g/mol. The Balaban J connectivity index is 1.57. The van der Waals surface area contributed by atoms with Crippen LogP contribution >= 0.6 is 0 Å². The van der Waals surface area contributed by atoms with E-state index in [1.54, 1.807) is 0 Å². The van der Waals surface area contributed by atoms with Crippen molar-refractivity contribution in [1.82, 2.24) is 14.5 Å². The van der Waals surface area contributed by atoms with Gasteiger partial charge in [0, 0.05) is 22.2 Å². The van der Waals surface area contributed by atoms with E-state index < -0.39 is 0 Å². The fourth-order valence-electron chi connectivity index (χ4n) is 5.09. The first-order valence-corrected chi connectivity index (χ1v) is 12.4. The van der Waals surface area contributed by atoms with Gasteiger partial charge in [0.15, 0.2) is 5.82 Å². The van der Waals surface area contributed by atoms with Crippen LogP contribution in [-0.4, -0.2) is 14.5 Å². The summed E-state index contributed by atoms with van der Waals surface area (Å²) in [5, 5.41) is 2.21. The summed E-state index contributed by atoms with van der Waals surface area (Å²) < 4.78 is 2.25. The van der Waals surface area contributed by atoms with Gasteiger partial charge < -0.3 is 0 Å². The first kappa shape index (κ1) is 21.3. The molecule has 5 aromatic carbocycles. The van der Waals surface area contributed by atoms with E-state index in [9.17, 15) is 0 Å². The zero-order chi connectivity index (χ0) is 24.6. The summed E-state index contributed by atoms with van der Waals surface area (Å²) in [6, 6.07) is 48.3. The van der Waals surface area contributed by atoms with Crippen LogP contribution in [0.5, 0.6) is 0 Å². The molecule has 0 fully saturated rings. The highest BCUT2D eigenvalue weighted by atomic mass is 15.1. The lowest BCUT2D eigenvalue weighted by Crippen LogP contribution is -1.99. The average molecular weight is 474 g/mol. The van der Waals surface area contributed by atoms with Gasteiger partial charge in [-0.15, -0.1) is 0 Å². The van der Waals surface area contributed by atoms with Crippen LogP contribution in [0.1, 0.15) is 0 Å². The summed E-state index contributed by atoms with van der Waals surface area (Å²) in [5.41, 5.74) is 8.43. The Morgan fingerprint density at radius 3 is 1.81 bits per heavy atom. The van der Waals surface area contributed by atoms with Crippen molar-refractivity contribution in [3.05, 3.63) is 140 Å². The molecule has 0 atom stereocenters. The molecule has 37 heavy (non-hydrogen) atoms. The van der Waals surface area contributed by atoms with Crippen LogP contribution in [0.3, 0.4) is 0 Å². The van der Waals surface area contributed by atoms with Crippen LogP contribution in [0, 0.1) is 0 Å². The molecule has 0 saturated carbocycles. The molecular formula is C34H23N3. The van der Waals surface area contributed by atoms with Gasteiger partial charge in [-0.1, -0.05) is 115 Å². The third kappa shape index (κ3) is 3.69. The highest BCUT2D eigenvalue weighted by Gasteiger charge is 2.20. The minimum atomic E-state index is 0.712. The van der Waals surface area contributed by atoms with Gasteiger partial charge in [0.2, 0.25) is 0 Å². The first-order valence-electron chi connectivity index (χ1n) is 12.4. The van der Waals surface area contributed by atoms with Gasteiger partial charge in [-0.3, -0.25) is 4.57 Å². The van der Waals surface area contributed by atoms with Gasteiger partial charge in [-0.25, -0.2) is 9.97 Å². The molecule has 0 amide bonds. The Labute approximate surface area is 215 Å². The fourth-order valence-corrected chi connectivity index (χ4v) is 5.09. The van der Waals surface area contributed by atoms with E-state index in [0.717, 1.165) is 50.0 Å². The zero-order valence-corrected chi connectivity index (χ0v) is 20.1. The lowest BCUT2D eigenvalue weighted by Gasteiger charge is -2.11. The van der Waals surface area contributed by atoms with E-state index in [0.29, 0.717) is 5.82 Å². The molecule has 2 heterocycles. The number of para-hydroxylation sites is 2. The lowest BCUT2D eigenvalue weighted by atomic mass is 10.0. The van der Waals surface area contributed by atoms with Crippen molar-refractivity contribution in [2.24, 2.45) is 0 Å². The second kappa shape index (κ2) is 8.89. The van der Waals surface area contributed by atoms with Gasteiger partial charge in [-0.05, 0) is 35.4 Å². The molecule has 0 aliphatic rings. The Morgan fingerprint density at radius 2 is 1.05 bits per heavy atom. The molecule has 0 N–H and O–H groups in total. The number of benzene rings is 5. The average Bonchev–Trinajstić information content (AvgIpc) is 3.32. The molecule has 3 nitrogen and oxygen atoms in total. The van der Waals surface area contributed by atoms with Crippen LogP contribution in [0.4, 0.5) is 0 Å². The van der Waals surface area contributed by atoms with Gasteiger partial charge in [0.05, 0.1) is 16.6 Å². The predicted octanol–water partition coefficient (Wildman–Crippen LogP) is 8.57. The van der Waals surface area contributed by atoms with Crippen molar-refractivity contribution in [3.8, 4) is 39.5 Å². The number of rotatable bonds is 4. The predicted molar refractivity (Wildman–Crippen MR) is 153 cm³/mol. The Morgan fingerprint density at radius 1 is 0.459 bits per heavy atom. The van der Waals surface area contributed by atoms with Gasteiger partial charge in [-0.2, -0.15) is 0 Å². The Kier molecular flexibility index (Phi) is 5.11.